The van der Waals surface area contributed by atoms with E-state index in [-0.39, 0.29) is 0 Å². The van der Waals surface area contributed by atoms with E-state index in [9.17, 15) is 18.0 Å². The Morgan fingerprint density at radius 3 is 1.90 bits per heavy atom. The lowest BCUT2D eigenvalue weighted by Crippen LogP contribution is -2.40. The zero-order valence-corrected chi connectivity index (χ0v) is 5.62. The molecule has 60 valence electrons. The van der Waals surface area contributed by atoms with Crippen molar-refractivity contribution >= 4 is 5.91 Å². The van der Waals surface area contributed by atoms with Gasteiger partial charge in [0, 0.05) is 6.04 Å². The van der Waals surface area contributed by atoms with Crippen molar-refractivity contribution in [1.29, 1.82) is 0 Å². The van der Waals surface area contributed by atoms with Crippen LogP contribution in [0.25, 0.3) is 0 Å². The molecule has 5 heteroatoms. The van der Waals surface area contributed by atoms with Gasteiger partial charge in [-0.3, -0.25) is 4.79 Å². The zero-order chi connectivity index (χ0) is 8.36. The summed E-state index contributed by atoms with van der Waals surface area (Å²) >= 11 is 0. The van der Waals surface area contributed by atoms with E-state index in [1.54, 1.807) is 5.32 Å². The average molecular weight is 155 g/mol. The van der Waals surface area contributed by atoms with Crippen LogP contribution in [0.3, 0.4) is 0 Å². The molecule has 1 amide bonds. The highest BCUT2D eigenvalue weighted by molar-refractivity contribution is 5.81. The Morgan fingerprint density at radius 2 is 1.80 bits per heavy atom. The average Bonchev–Trinajstić information content (AvgIpc) is 1.60. The molecule has 10 heavy (non-hydrogen) atoms. The Labute approximate surface area is 56.4 Å². The lowest BCUT2D eigenvalue weighted by atomic mass is 10.4. The molecule has 0 rings (SSSR count). The van der Waals surface area contributed by atoms with Crippen molar-refractivity contribution in [3.8, 4) is 0 Å². The number of carbonyl (C=O) groups is 1. The van der Waals surface area contributed by atoms with Gasteiger partial charge in [0.05, 0.1) is 0 Å². The van der Waals surface area contributed by atoms with Crippen LogP contribution >= 0.6 is 0 Å². The van der Waals surface area contributed by atoms with Crippen molar-refractivity contribution in [1.82, 2.24) is 5.32 Å². The van der Waals surface area contributed by atoms with E-state index in [1.165, 1.54) is 13.8 Å². The number of halogens is 3. The van der Waals surface area contributed by atoms with Crippen molar-refractivity contribution < 1.29 is 18.0 Å². The molecular weight excluding hydrogens is 147 g/mol. The molecule has 0 aliphatic carbocycles. The summed E-state index contributed by atoms with van der Waals surface area (Å²) in [7, 11) is 0. The number of alkyl halides is 3. The first-order valence-electron chi connectivity index (χ1n) is 2.71. The van der Waals surface area contributed by atoms with Gasteiger partial charge in [-0.2, -0.15) is 13.2 Å². The van der Waals surface area contributed by atoms with Crippen LogP contribution in [0, 0.1) is 0 Å². The van der Waals surface area contributed by atoms with E-state index in [2.05, 4.69) is 0 Å². The van der Waals surface area contributed by atoms with Gasteiger partial charge in [0.2, 0.25) is 0 Å². The van der Waals surface area contributed by atoms with Gasteiger partial charge in [-0.1, -0.05) is 0 Å². The summed E-state index contributed by atoms with van der Waals surface area (Å²) in [6.45, 7) is 2.92. The molecule has 0 aliphatic heterocycles. The molecule has 0 heterocycles. The van der Waals surface area contributed by atoms with E-state index < -0.39 is 18.1 Å². The van der Waals surface area contributed by atoms with E-state index in [0.717, 1.165) is 0 Å². The molecule has 0 atom stereocenters. The fourth-order valence-corrected chi connectivity index (χ4v) is 0.344. The van der Waals surface area contributed by atoms with Gasteiger partial charge in [-0.05, 0) is 13.8 Å². The van der Waals surface area contributed by atoms with Crippen LogP contribution in [0.1, 0.15) is 13.8 Å². The van der Waals surface area contributed by atoms with Crippen molar-refractivity contribution in [2.24, 2.45) is 0 Å². The maximum atomic E-state index is 11.4. The fraction of sp³-hybridized carbons (Fsp3) is 0.800. The lowest BCUT2D eigenvalue weighted by Gasteiger charge is -2.09. The molecule has 0 saturated heterocycles. The van der Waals surface area contributed by atoms with E-state index >= 15 is 0 Å². The fourth-order valence-electron chi connectivity index (χ4n) is 0.344. The van der Waals surface area contributed by atoms with Gasteiger partial charge in [0.15, 0.2) is 0 Å². The molecule has 0 aromatic heterocycles. The van der Waals surface area contributed by atoms with Crippen LogP contribution in [0.2, 0.25) is 0 Å². The smallest absolute Gasteiger partial charge is 0.346 e. The van der Waals surface area contributed by atoms with Crippen LogP contribution in [-0.2, 0) is 4.79 Å². The summed E-state index contributed by atoms with van der Waals surface area (Å²) in [5, 5.41) is 1.72. The van der Waals surface area contributed by atoms with Gasteiger partial charge in [-0.25, -0.2) is 0 Å². The molecular formula is C5H8F3NO. The summed E-state index contributed by atoms with van der Waals surface area (Å²) in [4.78, 5) is 10.0. The molecule has 0 aromatic carbocycles. The third-order valence-electron chi connectivity index (χ3n) is 0.677. The number of hydrogen-bond donors (Lipinski definition) is 1. The maximum absolute atomic E-state index is 11.4. The molecule has 0 bridgehead atoms. The highest BCUT2D eigenvalue weighted by Gasteiger charge is 2.38. The first-order valence-corrected chi connectivity index (χ1v) is 2.71. The summed E-state index contributed by atoms with van der Waals surface area (Å²) in [6.07, 6.45) is -4.76. The third kappa shape index (κ3) is 3.32. The van der Waals surface area contributed by atoms with E-state index in [1.807, 2.05) is 0 Å². The van der Waals surface area contributed by atoms with E-state index in [0.29, 0.717) is 0 Å². The Hall–Kier alpha value is -0.740. The number of amides is 1. The minimum absolute atomic E-state index is 0.478. The summed E-state index contributed by atoms with van der Waals surface area (Å²) in [6, 6.07) is -0.478. The second kappa shape index (κ2) is 2.90. The van der Waals surface area contributed by atoms with Crippen LogP contribution in [-0.4, -0.2) is 18.1 Å². The van der Waals surface area contributed by atoms with Crippen LogP contribution < -0.4 is 5.32 Å². The second-order valence-corrected chi connectivity index (χ2v) is 2.13. The molecule has 0 saturated carbocycles. The Bertz CT molecular complexity index is 129. The van der Waals surface area contributed by atoms with Crippen molar-refractivity contribution in [2.75, 3.05) is 0 Å². The van der Waals surface area contributed by atoms with Gasteiger partial charge in [0.25, 0.3) is 0 Å². The zero-order valence-electron chi connectivity index (χ0n) is 5.62. The molecule has 0 radical (unpaired) electrons. The molecule has 0 fully saturated rings. The number of rotatable bonds is 1. The monoisotopic (exact) mass is 155 g/mol. The SMILES string of the molecule is CC(C)NC(=O)C(F)(F)F. The van der Waals surface area contributed by atoms with Gasteiger partial charge in [-0.15, -0.1) is 0 Å². The highest BCUT2D eigenvalue weighted by atomic mass is 19.4. The normalized spacial score (nSPS) is 11.8. The number of nitrogens with one attached hydrogen (secondary N) is 1. The maximum Gasteiger partial charge on any atom is 0.471 e. The first kappa shape index (κ1) is 9.26. The van der Waals surface area contributed by atoms with Gasteiger partial charge >= 0.3 is 12.1 Å². The molecule has 2 nitrogen and oxygen atoms in total. The minimum Gasteiger partial charge on any atom is -0.346 e. The summed E-state index contributed by atoms with van der Waals surface area (Å²) in [5.41, 5.74) is 0. The van der Waals surface area contributed by atoms with Gasteiger partial charge < -0.3 is 5.32 Å². The standard InChI is InChI=1S/C5H8F3NO/c1-3(2)9-4(10)5(6,7)8/h3H,1-2H3,(H,9,10). The second-order valence-electron chi connectivity index (χ2n) is 2.13. The first-order chi connectivity index (χ1) is 4.34. The molecule has 0 aromatic rings. The predicted octanol–water partition coefficient (Wildman–Crippen LogP) is 1.07. The minimum atomic E-state index is -4.76. The van der Waals surface area contributed by atoms with Crippen molar-refractivity contribution in [3.63, 3.8) is 0 Å². The molecule has 1 N–H and O–H groups in total. The highest BCUT2D eigenvalue weighted by Crippen LogP contribution is 2.14. The third-order valence-corrected chi connectivity index (χ3v) is 0.677. The van der Waals surface area contributed by atoms with Gasteiger partial charge in [0.1, 0.15) is 0 Å². The Morgan fingerprint density at radius 1 is 1.40 bits per heavy atom. The summed E-state index contributed by atoms with van der Waals surface area (Å²) < 4.78 is 34.2. The number of hydrogen-bond acceptors (Lipinski definition) is 1. The van der Waals surface area contributed by atoms with Crippen LogP contribution in [0.5, 0.6) is 0 Å². The molecule has 0 spiro atoms. The van der Waals surface area contributed by atoms with Crippen molar-refractivity contribution in [2.45, 2.75) is 26.1 Å². The largest absolute Gasteiger partial charge is 0.471 e. The number of carbonyl (C=O) groups excluding carboxylic acids is 1. The quantitative estimate of drug-likeness (QED) is 0.603. The predicted molar refractivity (Wildman–Crippen MR) is 29.3 cm³/mol. The lowest BCUT2D eigenvalue weighted by molar-refractivity contribution is -0.174. The molecule has 0 aliphatic rings. The Balaban J connectivity index is 3.87. The molecule has 0 unspecified atom stereocenters. The van der Waals surface area contributed by atoms with Crippen molar-refractivity contribution in [3.05, 3.63) is 0 Å². The van der Waals surface area contributed by atoms with Crippen LogP contribution in [0.15, 0.2) is 0 Å². The van der Waals surface area contributed by atoms with Crippen LogP contribution in [0.4, 0.5) is 13.2 Å². The Kier molecular flexibility index (Phi) is 2.68. The van der Waals surface area contributed by atoms with E-state index in [4.69, 9.17) is 0 Å². The topological polar surface area (TPSA) is 29.1 Å². The summed E-state index contributed by atoms with van der Waals surface area (Å²) in [5.74, 6) is -1.89.